The number of carbonyl (C=O) groups is 2. The normalized spacial score (nSPS) is 20.6. The van der Waals surface area contributed by atoms with Crippen molar-refractivity contribution in [1.82, 2.24) is 10.2 Å². The molecule has 2 saturated heterocycles. The minimum absolute atomic E-state index is 0.0389. The topological polar surface area (TPSA) is 77.1 Å². The number of benzene rings is 1. The lowest BCUT2D eigenvalue weighted by atomic mass is 9.78. The number of hydrogen-bond acceptors (Lipinski definition) is 5. The zero-order chi connectivity index (χ0) is 24.6. The Morgan fingerprint density at radius 3 is 2.27 bits per heavy atom. The zero-order valence-corrected chi connectivity index (χ0v) is 21.5. The minimum Gasteiger partial charge on any atom is -0.444 e. The number of rotatable bonds is 4. The van der Waals surface area contributed by atoms with E-state index in [0.29, 0.717) is 41.6 Å². The van der Waals surface area contributed by atoms with E-state index in [1.54, 1.807) is 18.2 Å². The Morgan fingerprint density at radius 2 is 1.73 bits per heavy atom. The third kappa shape index (κ3) is 6.22. The second-order valence-corrected chi connectivity index (χ2v) is 11.4. The summed E-state index contributed by atoms with van der Waals surface area (Å²) < 4.78 is 17.5. The predicted molar refractivity (Wildman–Crippen MR) is 130 cm³/mol. The molecule has 9 heteroatoms. The standard InChI is InChI=1S/C24H36BClN2O5/c1-22(2,3)31-21(30)27-15-16-10-12-28(13-11-16)20(29)17-8-9-19(26)18(14-17)25-32-23(4,5)24(6,7)33-25/h8-9,14,16H,10-13,15H2,1-7H3,(H,27,30). The first-order valence-corrected chi connectivity index (χ1v) is 12.0. The van der Waals surface area contributed by atoms with Gasteiger partial charge in [-0.1, -0.05) is 11.6 Å². The summed E-state index contributed by atoms with van der Waals surface area (Å²) in [5, 5.41) is 3.35. The van der Waals surface area contributed by atoms with Crippen molar-refractivity contribution in [2.24, 2.45) is 5.92 Å². The number of ether oxygens (including phenoxy) is 1. The molecular weight excluding hydrogens is 443 g/mol. The van der Waals surface area contributed by atoms with Crippen molar-refractivity contribution in [1.29, 1.82) is 0 Å². The number of piperidine rings is 1. The smallest absolute Gasteiger partial charge is 0.444 e. The predicted octanol–water partition coefficient (Wildman–Crippen LogP) is 4.02. The summed E-state index contributed by atoms with van der Waals surface area (Å²) in [5.74, 6) is 0.273. The number of nitrogens with zero attached hydrogens (tertiary/aromatic N) is 1. The van der Waals surface area contributed by atoms with Crippen LogP contribution in [0.15, 0.2) is 18.2 Å². The van der Waals surface area contributed by atoms with Gasteiger partial charge in [-0.2, -0.15) is 0 Å². The number of halogens is 1. The van der Waals surface area contributed by atoms with Crippen LogP contribution < -0.4 is 10.8 Å². The van der Waals surface area contributed by atoms with Gasteiger partial charge in [0.15, 0.2) is 0 Å². The lowest BCUT2D eigenvalue weighted by molar-refractivity contribution is 0.00578. The average Bonchev–Trinajstić information content (AvgIpc) is 2.92. The summed E-state index contributed by atoms with van der Waals surface area (Å²) in [4.78, 5) is 26.9. The van der Waals surface area contributed by atoms with Crippen LogP contribution >= 0.6 is 11.6 Å². The lowest BCUT2D eigenvalue weighted by Gasteiger charge is -2.32. The van der Waals surface area contributed by atoms with Gasteiger partial charge in [-0.05, 0) is 85.4 Å². The molecule has 0 unspecified atom stereocenters. The zero-order valence-electron chi connectivity index (χ0n) is 20.8. The van der Waals surface area contributed by atoms with Gasteiger partial charge in [-0.25, -0.2) is 4.79 Å². The fraction of sp³-hybridized carbons (Fsp3) is 0.667. The molecule has 3 rings (SSSR count). The van der Waals surface area contributed by atoms with Gasteiger partial charge < -0.3 is 24.3 Å². The van der Waals surface area contributed by atoms with Crippen molar-refractivity contribution < 1.29 is 23.6 Å². The Bertz CT molecular complexity index is 875. The van der Waals surface area contributed by atoms with E-state index in [4.69, 9.17) is 25.6 Å². The first kappa shape index (κ1) is 25.9. The number of carbonyl (C=O) groups excluding carboxylic acids is 2. The van der Waals surface area contributed by atoms with Gasteiger partial charge in [0.2, 0.25) is 0 Å². The number of nitrogens with one attached hydrogen (secondary N) is 1. The molecule has 0 atom stereocenters. The van der Waals surface area contributed by atoms with Gasteiger partial charge >= 0.3 is 13.2 Å². The molecule has 1 N–H and O–H groups in total. The summed E-state index contributed by atoms with van der Waals surface area (Å²) in [6.07, 6.45) is 1.23. The Morgan fingerprint density at radius 1 is 1.15 bits per heavy atom. The molecule has 2 aliphatic rings. The fourth-order valence-corrected chi connectivity index (χ4v) is 4.10. The first-order chi connectivity index (χ1) is 15.2. The lowest BCUT2D eigenvalue weighted by Crippen LogP contribution is -2.43. The van der Waals surface area contributed by atoms with Gasteiger partial charge in [0.05, 0.1) is 11.2 Å². The summed E-state index contributed by atoms with van der Waals surface area (Å²) >= 11 is 6.44. The van der Waals surface area contributed by atoms with E-state index in [1.807, 2.05) is 53.4 Å². The summed E-state index contributed by atoms with van der Waals surface area (Å²) in [6.45, 7) is 15.3. The van der Waals surface area contributed by atoms with Crippen LogP contribution in [0.3, 0.4) is 0 Å². The summed E-state index contributed by atoms with van der Waals surface area (Å²) in [6, 6.07) is 5.26. The Hall–Kier alpha value is -1.77. The second kappa shape index (κ2) is 9.47. The van der Waals surface area contributed by atoms with Crippen molar-refractivity contribution >= 4 is 36.2 Å². The highest BCUT2D eigenvalue weighted by atomic mass is 35.5. The van der Waals surface area contributed by atoms with E-state index in [9.17, 15) is 9.59 Å². The van der Waals surface area contributed by atoms with E-state index in [0.717, 1.165) is 12.8 Å². The van der Waals surface area contributed by atoms with Crippen molar-refractivity contribution in [3.8, 4) is 0 Å². The van der Waals surface area contributed by atoms with E-state index < -0.39 is 30.0 Å². The maximum Gasteiger partial charge on any atom is 0.496 e. The van der Waals surface area contributed by atoms with Crippen molar-refractivity contribution in [3.63, 3.8) is 0 Å². The van der Waals surface area contributed by atoms with Crippen LogP contribution in [0, 0.1) is 5.92 Å². The van der Waals surface area contributed by atoms with Crippen LogP contribution in [0.1, 0.15) is 71.7 Å². The van der Waals surface area contributed by atoms with Gasteiger partial charge in [-0.3, -0.25) is 4.79 Å². The van der Waals surface area contributed by atoms with Crippen molar-refractivity contribution in [3.05, 3.63) is 28.8 Å². The van der Waals surface area contributed by atoms with Crippen LogP contribution in [0.2, 0.25) is 5.02 Å². The van der Waals surface area contributed by atoms with E-state index in [2.05, 4.69) is 5.32 Å². The molecule has 1 aromatic rings. The first-order valence-electron chi connectivity index (χ1n) is 11.6. The molecule has 7 nitrogen and oxygen atoms in total. The van der Waals surface area contributed by atoms with Crippen LogP contribution in [0.5, 0.6) is 0 Å². The molecule has 2 heterocycles. The fourth-order valence-electron chi connectivity index (χ4n) is 3.89. The van der Waals surface area contributed by atoms with Gasteiger partial charge in [0.1, 0.15) is 5.60 Å². The van der Waals surface area contributed by atoms with Crippen LogP contribution in [0.4, 0.5) is 4.79 Å². The quantitative estimate of drug-likeness (QED) is 0.662. The van der Waals surface area contributed by atoms with Gasteiger partial charge in [-0.15, -0.1) is 0 Å². The molecule has 0 aromatic heterocycles. The van der Waals surface area contributed by atoms with Crippen LogP contribution in [0.25, 0.3) is 0 Å². The summed E-state index contributed by atoms with van der Waals surface area (Å²) in [7, 11) is -0.625. The molecule has 2 fully saturated rings. The largest absolute Gasteiger partial charge is 0.496 e. The maximum atomic E-state index is 13.2. The molecule has 2 aliphatic heterocycles. The molecule has 182 valence electrons. The molecule has 33 heavy (non-hydrogen) atoms. The number of likely N-dealkylation sites (tertiary alicyclic amines) is 1. The maximum absolute atomic E-state index is 13.2. The third-order valence-electron chi connectivity index (χ3n) is 6.59. The molecule has 0 radical (unpaired) electrons. The molecule has 1 aromatic carbocycles. The Labute approximate surface area is 202 Å². The SMILES string of the molecule is CC(C)(C)OC(=O)NCC1CCN(C(=O)c2ccc(Cl)c(B3OC(C)(C)C(C)(C)O3)c2)CC1. The molecule has 0 bridgehead atoms. The highest BCUT2D eigenvalue weighted by Gasteiger charge is 2.52. The average molecular weight is 479 g/mol. The van der Waals surface area contributed by atoms with E-state index in [1.165, 1.54) is 0 Å². The molecule has 0 spiro atoms. The molecule has 0 aliphatic carbocycles. The van der Waals surface area contributed by atoms with Crippen LogP contribution in [-0.2, 0) is 14.0 Å². The highest BCUT2D eigenvalue weighted by molar-refractivity contribution is 6.65. The molecular formula is C24H36BClN2O5. The highest BCUT2D eigenvalue weighted by Crippen LogP contribution is 2.37. The molecule has 2 amide bonds. The van der Waals surface area contributed by atoms with Crippen molar-refractivity contribution in [2.45, 2.75) is 78.1 Å². The number of hydrogen-bond donors (Lipinski definition) is 1. The van der Waals surface area contributed by atoms with Gasteiger partial charge in [0.25, 0.3) is 5.91 Å². The number of alkyl carbamates (subject to hydrolysis) is 1. The summed E-state index contributed by atoms with van der Waals surface area (Å²) in [5.41, 5.74) is -0.267. The Kier molecular flexibility index (Phi) is 7.42. The second-order valence-electron chi connectivity index (χ2n) is 10.9. The van der Waals surface area contributed by atoms with Crippen molar-refractivity contribution in [2.75, 3.05) is 19.6 Å². The van der Waals surface area contributed by atoms with E-state index >= 15 is 0 Å². The monoisotopic (exact) mass is 478 g/mol. The minimum atomic E-state index is -0.625. The third-order valence-corrected chi connectivity index (χ3v) is 6.93. The van der Waals surface area contributed by atoms with E-state index in [-0.39, 0.29) is 5.91 Å². The van der Waals surface area contributed by atoms with Gasteiger partial charge in [0, 0.05) is 35.7 Å². The number of amides is 2. The van der Waals surface area contributed by atoms with Crippen LogP contribution in [-0.4, -0.2) is 60.5 Å². The Balaban J connectivity index is 1.58. The molecule has 0 saturated carbocycles.